The van der Waals surface area contributed by atoms with Crippen molar-refractivity contribution in [3.63, 3.8) is 0 Å². The van der Waals surface area contributed by atoms with Gasteiger partial charge in [0.05, 0.1) is 4.90 Å². The van der Waals surface area contributed by atoms with Crippen LogP contribution in [0.25, 0.3) is 11.0 Å². The molecule has 0 spiro atoms. The Balaban J connectivity index is 1.74. The van der Waals surface area contributed by atoms with Crippen LogP contribution in [0.4, 0.5) is 0 Å². The number of aryl methyl sites for hydroxylation is 2. The topological polar surface area (TPSA) is 93.9 Å². The average Bonchev–Trinajstić information content (AvgIpc) is 2.69. The maximum atomic E-state index is 12.6. The number of carbonyl (C=O) groups excluding carboxylic acids is 1. The second kappa shape index (κ2) is 8.59. The van der Waals surface area contributed by atoms with Crippen molar-refractivity contribution >= 4 is 38.6 Å². The molecule has 7 nitrogen and oxygen atoms in total. The highest BCUT2D eigenvalue weighted by Gasteiger charge is 2.23. The number of sulfonamides is 1. The molecule has 0 fully saturated rings. The van der Waals surface area contributed by atoms with Crippen LogP contribution in [-0.4, -0.2) is 32.3 Å². The smallest absolute Gasteiger partial charge is 0.336 e. The third kappa shape index (κ3) is 4.56. The summed E-state index contributed by atoms with van der Waals surface area (Å²) in [5.41, 5.74) is 2.17. The van der Waals surface area contributed by atoms with E-state index in [9.17, 15) is 18.0 Å². The van der Waals surface area contributed by atoms with Gasteiger partial charge in [-0.2, -0.15) is 4.31 Å². The van der Waals surface area contributed by atoms with Gasteiger partial charge in [-0.1, -0.05) is 23.7 Å². The lowest BCUT2D eigenvalue weighted by molar-refractivity contribution is -0.144. The van der Waals surface area contributed by atoms with E-state index in [1.54, 1.807) is 6.07 Å². The summed E-state index contributed by atoms with van der Waals surface area (Å²) in [5.74, 6) is -0.750. The Kier molecular flexibility index (Phi) is 6.30. The Morgan fingerprint density at radius 3 is 2.47 bits per heavy atom. The Morgan fingerprint density at radius 2 is 1.80 bits per heavy atom. The summed E-state index contributed by atoms with van der Waals surface area (Å²) in [7, 11) is -2.60. The fourth-order valence-corrected chi connectivity index (χ4v) is 4.14. The highest BCUT2D eigenvalue weighted by atomic mass is 35.5. The largest absolute Gasteiger partial charge is 0.460 e. The number of hydrogen-bond acceptors (Lipinski definition) is 6. The van der Waals surface area contributed by atoms with Crippen molar-refractivity contribution in [2.45, 2.75) is 25.3 Å². The third-order valence-electron chi connectivity index (χ3n) is 4.78. The second-order valence-electron chi connectivity index (χ2n) is 6.85. The molecule has 158 valence electrons. The van der Waals surface area contributed by atoms with E-state index < -0.39 is 28.2 Å². The van der Waals surface area contributed by atoms with Crippen LogP contribution in [0.2, 0.25) is 5.02 Å². The number of nitrogens with zero attached hydrogens (tertiary/aromatic N) is 1. The van der Waals surface area contributed by atoms with E-state index in [0.29, 0.717) is 21.6 Å². The molecule has 0 aliphatic rings. The van der Waals surface area contributed by atoms with Crippen molar-refractivity contribution < 1.29 is 22.4 Å². The maximum Gasteiger partial charge on any atom is 0.336 e. The number of esters is 1. The number of hydrogen-bond donors (Lipinski definition) is 0. The van der Waals surface area contributed by atoms with E-state index in [2.05, 4.69) is 0 Å². The van der Waals surface area contributed by atoms with Crippen LogP contribution in [0.1, 0.15) is 16.7 Å². The summed E-state index contributed by atoms with van der Waals surface area (Å²) in [6, 6.07) is 10.6. The Bertz CT molecular complexity index is 1270. The van der Waals surface area contributed by atoms with Gasteiger partial charge in [0.25, 0.3) is 0 Å². The van der Waals surface area contributed by atoms with Gasteiger partial charge in [-0.05, 0) is 49.2 Å². The van der Waals surface area contributed by atoms with Crippen molar-refractivity contribution in [3.05, 3.63) is 74.6 Å². The molecular formula is C21H20ClNO6S. The number of carbonyl (C=O) groups is 1. The molecule has 3 rings (SSSR count). The summed E-state index contributed by atoms with van der Waals surface area (Å²) in [6.45, 7) is 3.08. The standard InChI is InChI=1S/C21H20ClNO6S/c1-13-4-9-18-15(10-19(24)29-21(18)14(13)2)12-28-20(25)11-23(3)30(26,27)17-7-5-16(22)6-8-17/h4-10H,11-12H2,1-3H3. The number of fused-ring (bicyclic) bond motifs is 1. The maximum absolute atomic E-state index is 12.6. The van der Waals surface area contributed by atoms with Gasteiger partial charge in [0.2, 0.25) is 10.0 Å². The molecule has 0 N–H and O–H groups in total. The highest BCUT2D eigenvalue weighted by Crippen LogP contribution is 2.24. The molecule has 0 aliphatic heterocycles. The first kappa shape index (κ1) is 22.0. The number of rotatable bonds is 6. The first-order valence-corrected chi connectivity index (χ1v) is 10.8. The fraction of sp³-hybridized carbons (Fsp3) is 0.238. The van der Waals surface area contributed by atoms with E-state index in [4.69, 9.17) is 20.8 Å². The van der Waals surface area contributed by atoms with Crippen LogP contribution in [-0.2, 0) is 26.2 Å². The van der Waals surface area contributed by atoms with Crippen LogP contribution in [0.3, 0.4) is 0 Å². The minimum atomic E-state index is -3.88. The normalized spacial score (nSPS) is 11.8. The first-order valence-electron chi connectivity index (χ1n) is 9.00. The van der Waals surface area contributed by atoms with E-state index in [1.165, 1.54) is 37.4 Å². The number of ether oxygens (including phenoxy) is 1. The Morgan fingerprint density at radius 1 is 1.13 bits per heavy atom. The second-order valence-corrected chi connectivity index (χ2v) is 9.33. The van der Waals surface area contributed by atoms with E-state index in [-0.39, 0.29) is 11.5 Å². The number of likely N-dealkylation sites (N-methyl/N-ethyl adjacent to an activating group) is 1. The molecule has 0 saturated carbocycles. The molecule has 0 saturated heterocycles. The summed E-state index contributed by atoms with van der Waals surface area (Å²) >= 11 is 5.78. The van der Waals surface area contributed by atoms with Gasteiger partial charge in [0.15, 0.2) is 0 Å². The van der Waals surface area contributed by atoms with E-state index in [0.717, 1.165) is 15.4 Å². The summed E-state index contributed by atoms with van der Waals surface area (Å²) < 4.78 is 36.5. The predicted molar refractivity (Wildman–Crippen MR) is 113 cm³/mol. The molecule has 3 aromatic rings. The lowest BCUT2D eigenvalue weighted by Crippen LogP contribution is -2.33. The molecule has 0 radical (unpaired) electrons. The van der Waals surface area contributed by atoms with Gasteiger partial charge in [-0.15, -0.1) is 0 Å². The number of halogens is 1. The van der Waals surface area contributed by atoms with Gasteiger partial charge in [-0.3, -0.25) is 4.79 Å². The molecule has 2 aromatic carbocycles. The van der Waals surface area contributed by atoms with E-state index >= 15 is 0 Å². The van der Waals surface area contributed by atoms with Crippen LogP contribution < -0.4 is 5.63 Å². The van der Waals surface area contributed by atoms with Crippen molar-refractivity contribution in [3.8, 4) is 0 Å². The number of benzene rings is 2. The van der Waals surface area contributed by atoms with Gasteiger partial charge in [-0.25, -0.2) is 13.2 Å². The summed E-state index contributed by atoms with van der Waals surface area (Å²) in [6.07, 6.45) is 0. The van der Waals surface area contributed by atoms with Gasteiger partial charge >= 0.3 is 11.6 Å². The summed E-state index contributed by atoms with van der Waals surface area (Å²) in [4.78, 5) is 24.2. The van der Waals surface area contributed by atoms with Crippen molar-refractivity contribution in [1.29, 1.82) is 0 Å². The Hall–Kier alpha value is -2.68. The molecule has 0 aliphatic carbocycles. The van der Waals surface area contributed by atoms with Gasteiger partial charge in [0.1, 0.15) is 18.7 Å². The van der Waals surface area contributed by atoms with Gasteiger partial charge < -0.3 is 9.15 Å². The van der Waals surface area contributed by atoms with Crippen LogP contribution in [0.5, 0.6) is 0 Å². The average molecular weight is 450 g/mol. The Labute approximate surface area is 178 Å². The minimum absolute atomic E-state index is 0.0136. The van der Waals surface area contributed by atoms with Gasteiger partial charge in [0, 0.05) is 29.1 Å². The van der Waals surface area contributed by atoms with E-state index in [1.807, 2.05) is 19.9 Å². The molecule has 1 aromatic heterocycles. The van der Waals surface area contributed by atoms with Crippen molar-refractivity contribution in [2.75, 3.05) is 13.6 Å². The molecule has 0 amide bonds. The monoisotopic (exact) mass is 449 g/mol. The first-order chi connectivity index (χ1) is 14.1. The molecule has 0 bridgehead atoms. The lowest BCUT2D eigenvalue weighted by Gasteiger charge is -2.16. The highest BCUT2D eigenvalue weighted by molar-refractivity contribution is 7.89. The summed E-state index contributed by atoms with van der Waals surface area (Å²) in [5, 5.41) is 1.06. The minimum Gasteiger partial charge on any atom is -0.460 e. The molecule has 0 unspecified atom stereocenters. The predicted octanol–water partition coefficient (Wildman–Crippen LogP) is 3.43. The zero-order valence-electron chi connectivity index (χ0n) is 16.6. The molecule has 0 atom stereocenters. The van der Waals surface area contributed by atoms with Crippen molar-refractivity contribution in [2.24, 2.45) is 0 Å². The lowest BCUT2D eigenvalue weighted by atomic mass is 10.0. The third-order valence-corrected chi connectivity index (χ3v) is 6.85. The van der Waals surface area contributed by atoms with Crippen molar-refractivity contribution in [1.82, 2.24) is 4.31 Å². The van der Waals surface area contributed by atoms with Crippen LogP contribution >= 0.6 is 11.6 Å². The quantitative estimate of drug-likeness (QED) is 0.422. The molecule has 9 heteroatoms. The van der Waals surface area contributed by atoms with Crippen LogP contribution in [0.15, 0.2) is 56.6 Å². The van der Waals surface area contributed by atoms with Crippen LogP contribution in [0, 0.1) is 13.8 Å². The fourth-order valence-electron chi connectivity index (χ4n) is 2.90. The molecule has 30 heavy (non-hydrogen) atoms. The zero-order valence-corrected chi connectivity index (χ0v) is 18.2. The SMILES string of the molecule is Cc1ccc2c(COC(=O)CN(C)S(=O)(=O)c3ccc(Cl)cc3)cc(=O)oc2c1C. The molecular weight excluding hydrogens is 430 g/mol. The zero-order chi connectivity index (χ0) is 22.1. The molecule has 1 heterocycles.